The molecule has 0 aromatic heterocycles. The number of carboxylic acids is 1. The number of rotatable bonds is 2. The Balaban J connectivity index is 2.07. The minimum Gasteiger partial charge on any atom is -0.478 e. The van der Waals surface area contributed by atoms with Gasteiger partial charge in [0, 0.05) is 10.0 Å². The van der Waals surface area contributed by atoms with Crippen molar-refractivity contribution in [3.05, 3.63) is 69.2 Å². The molecule has 104 valence electrons. The second-order valence-corrected chi connectivity index (χ2v) is 5.43. The molecular weight excluding hydrogens is 336 g/mol. The van der Waals surface area contributed by atoms with Crippen molar-refractivity contribution in [1.29, 1.82) is 0 Å². The Morgan fingerprint density at radius 2 is 1.81 bits per heavy atom. The predicted octanol–water partition coefficient (Wildman–Crippen LogP) is 3.82. The van der Waals surface area contributed by atoms with Crippen LogP contribution in [0, 0.1) is 0 Å². The van der Waals surface area contributed by atoms with Crippen LogP contribution >= 0.6 is 15.9 Å². The molecule has 0 saturated heterocycles. The number of fused-ring (bicyclic) bond motifs is 1. The van der Waals surface area contributed by atoms with Crippen LogP contribution in [0.25, 0.3) is 11.8 Å². The van der Waals surface area contributed by atoms with E-state index in [4.69, 9.17) is 9.84 Å². The van der Waals surface area contributed by atoms with Gasteiger partial charge in [0.05, 0.1) is 11.1 Å². The van der Waals surface area contributed by atoms with Gasteiger partial charge in [-0.05, 0) is 42.0 Å². The molecule has 2 aromatic rings. The molecule has 0 bridgehead atoms. The SMILES string of the molecule is O=C(O)c1ccc2c(c1)/C(=C/c1ccc(Br)cc1)OC2=O. The van der Waals surface area contributed by atoms with E-state index in [0.717, 1.165) is 10.0 Å². The molecule has 0 spiro atoms. The van der Waals surface area contributed by atoms with Gasteiger partial charge in [-0.1, -0.05) is 28.1 Å². The first-order valence-corrected chi connectivity index (χ1v) is 6.91. The number of carbonyl (C=O) groups excluding carboxylic acids is 1. The molecule has 0 saturated carbocycles. The van der Waals surface area contributed by atoms with E-state index < -0.39 is 11.9 Å². The number of esters is 1. The zero-order chi connectivity index (χ0) is 15.0. The van der Waals surface area contributed by atoms with Crippen LogP contribution < -0.4 is 0 Å². The van der Waals surface area contributed by atoms with E-state index in [2.05, 4.69) is 15.9 Å². The molecule has 0 radical (unpaired) electrons. The number of carbonyl (C=O) groups is 2. The summed E-state index contributed by atoms with van der Waals surface area (Å²) in [6.45, 7) is 0. The van der Waals surface area contributed by atoms with Crippen molar-refractivity contribution in [3.8, 4) is 0 Å². The lowest BCUT2D eigenvalue weighted by atomic mass is 10.0. The minimum atomic E-state index is -1.04. The highest BCUT2D eigenvalue weighted by molar-refractivity contribution is 9.10. The summed E-state index contributed by atoms with van der Waals surface area (Å²) in [5.74, 6) is -1.15. The van der Waals surface area contributed by atoms with E-state index >= 15 is 0 Å². The molecule has 5 heteroatoms. The van der Waals surface area contributed by atoms with Gasteiger partial charge in [-0.25, -0.2) is 9.59 Å². The Morgan fingerprint density at radius 1 is 1.10 bits per heavy atom. The maximum atomic E-state index is 11.8. The van der Waals surface area contributed by atoms with Crippen LogP contribution in [0.3, 0.4) is 0 Å². The van der Waals surface area contributed by atoms with Crippen LogP contribution in [-0.4, -0.2) is 17.0 Å². The highest BCUT2D eigenvalue weighted by Gasteiger charge is 2.27. The van der Waals surface area contributed by atoms with Crippen molar-refractivity contribution in [3.63, 3.8) is 0 Å². The molecule has 2 aromatic carbocycles. The molecular formula is C16H9BrO4. The first kappa shape index (κ1) is 13.6. The van der Waals surface area contributed by atoms with Gasteiger partial charge in [0.25, 0.3) is 0 Å². The van der Waals surface area contributed by atoms with Crippen LogP contribution in [0.4, 0.5) is 0 Å². The largest absolute Gasteiger partial charge is 0.478 e. The number of ether oxygens (including phenoxy) is 1. The lowest BCUT2D eigenvalue weighted by Gasteiger charge is -2.01. The smallest absolute Gasteiger partial charge is 0.344 e. The number of benzene rings is 2. The Hall–Kier alpha value is -2.40. The quantitative estimate of drug-likeness (QED) is 0.841. The molecule has 0 atom stereocenters. The van der Waals surface area contributed by atoms with Gasteiger partial charge in [0.2, 0.25) is 0 Å². The molecule has 1 aliphatic heterocycles. The molecule has 0 amide bonds. The lowest BCUT2D eigenvalue weighted by molar-refractivity contribution is 0.0691. The van der Waals surface area contributed by atoms with Gasteiger partial charge >= 0.3 is 11.9 Å². The lowest BCUT2D eigenvalue weighted by Crippen LogP contribution is -1.98. The van der Waals surface area contributed by atoms with Crippen molar-refractivity contribution in [2.24, 2.45) is 0 Å². The molecule has 1 aliphatic rings. The summed E-state index contributed by atoms with van der Waals surface area (Å²) >= 11 is 3.35. The van der Waals surface area contributed by atoms with E-state index in [1.807, 2.05) is 24.3 Å². The van der Waals surface area contributed by atoms with E-state index in [0.29, 0.717) is 16.9 Å². The van der Waals surface area contributed by atoms with Gasteiger partial charge in [-0.2, -0.15) is 0 Å². The van der Waals surface area contributed by atoms with E-state index in [9.17, 15) is 9.59 Å². The monoisotopic (exact) mass is 344 g/mol. The first-order valence-electron chi connectivity index (χ1n) is 6.12. The molecule has 4 nitrogen and oxygen atoms in total. The fourth-order valence-corrected chi connectivity index (χ4v) is 2.35. The van der Waals surface area contributed by atoms with Crippen LogP contribution in [0.15, 0.2) is 46.9 Å². The van der Waals surface area contributed by atoms with Gasteiger partial charge in [-0.15, -0.1) is 0 Å². The van der Waals surface area contributed by atoms with Gasteiger partial charge in [0.15, 0.2) is 0 Å². The van der Waals surface area contributed by atoms with E-state index in [-0.39, 0.29) is 5.56 Å². The van der Waals surface area contributed by atoms with Crippen molar-refractivity contribution < 1.29 is 19.4 Å². The number of halogens is 1. The Kier molecular flexibility index (Phi) is 3.35. The number of hydrogen-bond donors (Lipinski definition) is 1. The van der Waals surface area contributed by atoms with E-state index in [1.165, 1.54) is 18.2 Å². The predicted molar refractivity (Wildman–Crippen MR) is 80.8 cm³/mol. The van der Waals surface area contributed by atoms with Crippen LogP contribution in [-0.2, 0) is 4.74 Å². The third kappa shape index (κ3) is 2.60. The summed E-state index contributed by atoms with van der Waals surface area (Å²) in [5, 5.41) is 9.04. The van der Waals surface area contributed by atoms with Gasteiger partial charge in [0.1, 0.15) is 5.76 Å². The van der Waals surface area contributed by atoms with Crippen LogP contribution in [0.1, 0.15) is 31.8 Å². The summed E-state index contributed by atoms with van der Waals surface area (Å²) < 4.78 is 6.16. The normalized spacial score (nSPS) is 14.9. The molecule has 1 heterocycles. The number of carboxylic acid groups (broad SMARTS) is 1. The van der Waals surface area contributed by atoms with E-state index in [1.54, 1.807) is 6.08 Å². The standard InChI is InChI=1S/C16H9BrO4/c17-11-4-1-9(2-5-11)7-14-13-8-10(15(18)19)3-6-12(13)16(20)21-14/h1-8H,(H,18,19)/b14-7-. The maximum absolute atomic E-state index is 11.8. The summed E-state index contributed by atoms with van der Waals surface area (Å²) in [6.07, 6.45) is 1.71. The second-order valence-electron chi connectivity index (χ2n) is 4.52. The third-order valence-electron chi connectivity index (χ3n) is 3.12. The van der Waals surface area contributed by atoms with Gasteiger partial charge < -0.3 is 9.84 Å². The average molecular weight is 345 g/mol. The molecule has 0 unspecified atom stereocenters. The number of aromatic carboxylic acids is 1. The maximum Gasteiger partial charge on any atom is 0.344 e. The first-order chi connectivity index (χ1) is 10.0. The topological polar surface area (TPSA) is 63.6 Å². The minimum absolute atomic E-state index is 0.119. The van der Waals surface area contributed by atoms with Crippen molar-refractivity contribution in [1.82, 2.24) is 0 Å². The molecule has 21 heavy (non-hydrogen) atoms. The summed E-state index contributed by atoms with van der Waals surface area (Å²) in [5.41, 5.74) is 1.86. The van der Waals surface area contributed by atoms with Crippen molar-refractivity contribution in [2.75, 3.05) is 0 Å². The summed E-state index contributed by atoms with van der Waals surface area (Å²) in [7, 11) is 0. The molecule has 3 rings (SSSR count). The fraction of sp³-hybridized carbons (Fsp3) is 0. The molecule has 0 fully saturated rings. The molecule has 1 N–H and O–H groups in total. The highest BCUT2D eigenvalue weighted by Crippen LogP contribution is 2.32. The Morgan fingerprint density at radius 3 is 2.48 bits per heavy atom. The second kappa shape index (κ2) is 5.18. The third-order valence-corrected chi connectivity index (χ3v) is 3.65. The zero-order valence-electron chi connectivity index (χ0n) is 10.7. The van der Waals surface area contributed by atoms with Crippen molar-refractivity contribution in [2.45, 2.75) is 0 Å². The van der Waals surface area contributed by atoms with Gasteiger partial charge in [-0.3, -0.25) is 0 Å². The Labute approximate surface area is 128 Å². The van der Waals surface area contributed by atoms with Crippen LogP contribution in [0.5, 0.6) is 0 Å². The highest BCUT2D eigenvalue weighted by atomic mass is 79.9. The zero-order valence-corrected chi connectivity index (χ0v) is 12.3. The number of cyclic esters (lactones) is 1. The number of hydrogen-bond acceptors (Lipinski definition) is 3. The van der Waals surface area contributed by atoms with Crippen molar-refractivity contribution >= 4 is 39.7 Å². The fourth-order valence-electron chi connectivity index (χ4n) is 2.09. The average Bonchev–Trinajstić information content (AvgIpc) is 2.77. The summed E-state index contributed by atoms with van der Waals surface area (Å²) in [6, 6.07) is 11.8. The van der Waals surface area contributed by atoms with Crippen LogP contribution in [0.2, 0.25) is 0 Å². The Bertz CT molecular complexity index is 775. The molecule has 0 aliphatic carbocycles. The summed E-state index contributed by atoms with van der Waals surface area (Å²) in [4.78, 5) is 22.8.